The van der Waals surface area contributed by atoms with Gasteiger partial charge in [-0.25, -0.2) is 4.39 Å². The normalized spacial score (nSPS) is 18.4. The number of morpholine rings is 1. The molecule has 2 heterocycles. The summed E-state index contributed by atoms with van der Waals surface area (Å²) < 4.78 is 29.0. The van der Waals surface area contributed by atoms with Crippen LogP contribution in [0.15, 0.2) is 28.8 Å². The smallest absolute Gasteiger partial charge is 0.313 e. The monoisotopic (exact) mass is 417 g/mol. The lowest BCUT2D eigenvalue weighted by molar-refractivity contribution is -0.162. The number of carbonyl (C=O) groups excluding carboxylic acids is 2. The fourth-order valence-electron chi connectivity index (χ4n) is 4.03. The summed E-state index contributed by atoms with van der Waals surface area (Å²) in [6.45, 7) is 1.99. The molecule has 8 nitrogen and oxygen atoms in total. The number of rotatable bonds is 6. The van der Waals surface area contributed by atoms with E-state index in [4.69, 9.17) is 14.0 Å². The molecule has 160 valence electrons. The maximum atomic E-state index is 13.1. The van der Waals surface area contributed by atoms with Crippen molar-refractivity contribution in [3.05, 3.63) is 36.0 Å². The number of nitrogens with zero attached hydrogens (tertiary/aromatic N) is 3. The van der Waals surface area contributed by atoms with Gasteiger partial charge in [0, 0.05) is 25.1 Å². The lowest BCUT2D eigenvalue weighted by Crippen LogP contribution is -2.44. The third kappa shape index (κ3) is 4.51. The van der Waals surface area contributed by atoms with Gasteiger partial charge >= 0.3 is 5.97 Å². The molecule has 2 fully saturated rings. The topological polar surface area (TPSA) is 94.8 Å². The van der Waals surface area contributed by atoms with Crippen LogP contribution >= 0.6 is 0 Å². The second-order valence-electron chi connectivity index (χ2n) is 7.75. The molecule has 1 saturated heterocycles. The van der Waals surface area contributed by atoms with Gasteiger partial charge in [-0.1, -0.05) is 18.0 Å². The third-order valence-electron chi connectivity index (χ3n) is 5.74. The molecule has 1 amide bonds. The molecule has 9 heteroatoms. The molecule has 2 aromatic rings. The van der Waals surface area contributed by atoms with E-state index in [-0.39, 0.29) is 30.6 Å². The van der Waals surface area contributed by atoms with Crippen molar-refractivity contribution in [2.75, 3.05) is 26.3 Å². The Hall–Kier alpha value is -2.81. The molecule has 0 N–H and O–H groups in total. The molecule has 0 radical (unpaired) electrons. The lowest BCUT2D eigenvalue weighted by atomic mass is 9.82. The van der Waals surface area contributed by atoms with E-state index in [2.05, 4.69) is 10.1 Å². The molecular weight excluding hydrogens is 393 g/mol. The number of carbonyl (C=O) groups is 2. The Kier molecular flexibility index (Phi) is 6.08. The van der Waals surface area contributed by atoms with Crippen molar-refractivity contribution in [3.63, 3.8) is 0 Å². The molecule has 4 rings (SSSR count). The van der Waals surface area contributed by atoms with Crippen molar-refractivity contribution in [1.82, 2.24) is 15.0 Å². The van der Waals surface area contributed by atoms with Gasteiger partial charge in [0.2, 0.25) is 11.7 Å². The van der Waals surface area contributed by atoms with Crippen molar-refractivity contribution < 1.29 is 28.0 Å². The van der Waals surface area contributed by atoms with E-state index in [9.17, 15) is 14.0 Å². The summed E-state index contributed by atoms with van der Waals surface area (Å²) in [5.74, 6) is -0.351. The average molecular weight is 417 g/mol. The van der Waals surface area contributed by atoms with Crippen LogP contribution in [0.25, 0.3) is 11.4 Å². The second kappa shape index (κ2) is 8.91. The summed E-state index contributed by atoms with van der Waals surface area (Å²) >= 11 is 0. The van der Waals surface area contributed by atoms with Crippen LogP contribution in [0.4, 0.5) is 4.39 Å². The van der Waals surface area contributed by atoms with Gasteiger partial charge in [0.05, 0.1) is 18.6 Å². The molecule has 30 heavy (non-hydrogen) atoms. The van der Waals surface area contributed by atoms with Crippen LogP contribution in [0.2, 0.25) is 0 Å². The van der Waals surface area contributed by atoms with Gasteiger partial charge < -0.3 is 18.9 Å². The molecule has 1 aliphatic heterocycles. The number of benzene rings is 1. The Morgan fingerprint density at radius 2 is 1.83 bits per heavy atom. The molecule has 0 atom stereocenters. The highest BCUT2D eigenvalue weighted by Gasteiger charge is 2.45. The minimum absolute atomic E-state index is 0.0338. The van der Waals surface area contributed by atoms with E-state index in [1.165, 1.54) is 12.1 Å². The fraction of sp³-hybridized carbons (Fsp3) is 0.524. The molecule has 0 unspecified atom stereocenters. The highest BCUT2D eigenvalue weighted by atomic mass is 19.1. The van der Waals surface area contributed by atoms with Crippen molar-refractivity contribution >= 4 is 11.9 Å². The van der Waals surface area contributed by atoms with E-state index < -0.39 is 11.4 Å². The fourth-order valence-corrected chi connectivity index (χ4v) is 4.03. The molecular formula is C21H24FN3O5. The predicted molar refractivity (Wildman–Crippen MR) is 102 cm³/mol. The lowest BCUT2D eigenvalue weighted by Gasteiger charge is -2.31. The molecule has 1 aromatic carbocycles. The number of esters is 1. The Balaban J connectivity index is 1.37. The molecule has 0 bridgehead atoms. The van der Waals surface area contributed by atoms with Crippen LogP contribution < -0.4 is 0 Å². The number of hydrogen-bond acceptors (Lipinski definition) is 7. The van der Waals surface area contributed by atoms with Crippen LogP contribution in [-0.4, -0.2) is 53.2 Å². The largest absolute Gasteiger partial charge is 0.455 e. The number of aromatic nitrogens is 2. The standard InChI is InChI=1S/C21H24FN3O5/c22-16-5-3-15(4-6-16)19-23-17(30-24-19)14-29-20(27)21(7-1-2-8-21)13-18(26)25-9-11-28-12-10-25/h3-6H,1-2,7-14H2. The molecule has 0 spiro atoms. The Bertz CT molecular complexity index is 886. The molecule has 1 saturated carbocycles. The zero-order valence-corrected chi connectivity index (χ0v) is 16.6. The zero-order chi connectivity index (χ0) is 21.0. The van der Waals surface area contributed by atoms with Gasteiger partial charge in [-0.3, -0.25) is 9.59 Å². The Morgan fingerprint density at radius 3 is 2.53 bits per heavy atom. The first-order valence-electron chi connectivity index (χ1n) is 10.2. The van der Waals surface area contributed by atoms with Crippen LogP contribution in [0, 0.1) is 11.2 Å². The van der Waals surface area contributed by atoms with E-state index in [0.717, 1.165) is 12.8 Å². The number of amides is 1. The van der Waals surface area contributed by atoms with Crippen LogP contribution in [0.5, 0.6) is 0 Å². The van der Waals surface area contributed by atoms with Crippen LogP contribution in [-0.2, 0) is 25.7 Å². The van der Waals surface area contributed by atoms with E-state index in [0.29, 0.717) is 50.5 Å². The van der Waals surface area contributed by atoms with Gasteiger partial charge in [-0.2, -0.15) is 4.98 Å². The molecule has 1 aromatic heterocycles. The number of ether oxygens (including phenoxy) is 2. The van der Waals surface area contributed by atoms with Gasteiger partial charge in [0.15, 0.2) is 6.61 Å². The van der Waals surface area contributed by atoms with Gasteiger partial charge in [-0.05, 0) is 37.1 Å². The Morgan fingerprint density at radius 1 is 1.13 bits per heavy atom. The quantitative estimate of drug-likeness (QED) is 0.667. The number of halogens is 1. The van der Waals surface area contributed by atoms with Crippen molar-refractivity contribution in [3.8, 4) is 11.4 Å². The molecule has 1 aliphatic carbocycles. The summed E-state index contributed by atoms with van der Waals surface area (Å²) in [4.78, 5) is 31.6. The summed E-state index contributed by atoms with van der Waals surface area (Å²) in [6.07, 6.45) is 3.19. The Labute approximate surface area is 173 Å². The summed E-state index contributed by atoms with van der Waals surface area (Å²) in [5, 5.41) is 3.85. The summed E-state index contributed by atoms with van der Waals surface area (Å²) in [6, 6.07) is 5.70. The maximum absolute atomic E-state index is 13.1. The SMILES string of the molecule is O=C(CC1(C(=O)OCc2nc(-c3ccc(F)cc3)no2)CCCC1)N1CCOCC1. The second-order valence-corrected chi connectivity index (χ2v) is 7.75. The minimum Gasteiger partial charge on any atom is -0.455 e. The highest BCUT2D eigenvalue weighted by Crippen LogP contribution is 2.43. The summed E-state index contributed by atoms with van der Waals surface area (Å²) in [5.41, 5.74) is -0.198. The van der Waals surface area contributed by atoms with Crippen molar-refractivity contribution in [2.45, 2.75) is 38.7 Å². The maximum Gasteiger partial charge on any atom is 0.313 e. The first-order valence-corrected chi connectivity index (χ1v) is 10.2. The first-order chi connectivity index (χ1) is 14.6. The summed E-state index contributed by atoms with van der Waals surface area (Å²) in [7, 11) is 0. The van der Waals surface area contributed by atoms with Crippen LogP contribution in [0.1, 0.15) is 38.0 Å². The minimum atomic E-state index is -0.796. The van der Waals surface area contributed by atoms with Crippen molar-refractivity contribution in [1.29, 1.82) is 0 Å². The average Bonchev–Trinajstić information content (AvgIpc) is 3.44. The van der Waals surface area contributed by atoms with Crippen molar-refractivity contribution in [2.24, 2.45) is 5.41 Å². The van der Waals surface area contributed by atoms with Gasteiger partial charge in [0.25, 0.3) is 5.89 Å². The first kappa shape index (κ1) is 20.5. The van der Waals surface area contributed by atoms with Gasteiger partial charge in [0.1, 0.15) is 5.82 Å². The van der Waals surface area contributed by atoms with E-state index in [1.807, 2.05) is 0 Å². The van der Waals surface area contributed by atoms with Crippen LogP contribution in [0.3, 0.4) is 0 Å². The zero-order valence-electron chi connectivity index (χ0n) is 16.6. The van der Waals surface area contributed by atoms with Gasteiger partial charge in [-0.15, -0.1) is 0 Å². The molecule has 2 aliphatic rings. The van der Waals surface area contributed by atoms with E-state index >= 15 is 0 Å². The number of hydrogen-bond donors (Lipinski definition) is 0. The van der Waals surface area contributed by atoms with E-state index in [1.54, 1.807) is 17.0 Å². The third-order valence-corrected chi connectivity index (χ3v) is 5.74. The predicted octanol–water partition coefficient (Wildman–Crippen LogP) is 2.73. The highest BCUT2D eigenvalue weighted by molar-refractivity contribution is 5.86.